The van der Waals surface area contributed by atoms with E-state index in [2.05, 4.69) is 25.8 Å². The van der Waals surface area contributed by atoms with Gasteiger partial charge >= 0.3 is 0 Å². The van der Waals surface area contributed by atoms with Crippen molar-refractivity contribution in [2.24, 2.45) is 0 Å². The lowest BCUT2D eigenvalue weighted by Gasteiger charge is -2.13. The fourth-order valence-electron chi connectivity index (χ4n) is 2.43. The van der Waals surface area contributed by atoms with Gasteiger partial charge in [0.2, 0.25) is 5.65 Å². The van der Waals surface area contributed by atoms with Crippen molar-refractivity contribution in [2.75, 3.05) is 5.32 Å². The Labute approximate surface area is 121 Å². The van der Waals surface area contributed by atoms with Crippen LogP contribution in [0, 0.1) is 13.8 Å². The van der Waals surface area contributed by atoms with Crippen LogP contribution in [-0.4, -0.2) is 30.1 Å². The lowest BCUT2D eigenvalue weighted by molar-refractivity contribution is 0.281. The molecule has 1 aromatic carbocycles. The number of rotatable bonds is 4. The van der Waals surface area contributed by atoms with Crippen LogP contribution in [0.2, 0.25) is 0 Å². The Bertz CT molecular complexity index is 759. The van der Waals surface area contributed by atoms with Crippen molar-refractivity contribution in [3.8, 4) is 0 Å². The smallest absolute Gasteiger partial charge is 0.221 e. The molecule has 3 aromatic rings. The summed E-state index contributed by atoms with van der Waals surface area (Å²) in [4.78, 5) is 4.27. The number of anilines is 1. The van der Waals surface area contributed by atoms with Crippen molar-refractivity contribution in [3.05, 3.63) is 46.8 Å². The Morgan fingerprint density at radius 1 is 1.24 bits per heavy atom. The second-order valence-corrected chi connectivity index (χ2v) is 4.94. The van der Waals surface area contributed by atoms with Gasteiger partial charge < -0.3 is 10.4 Å². The topological polar surface area (TPSA) is 88.2 Å². The molecular formula is C14H16N6O. The fourth-order valence-corrected chi connectivity index (χ4v) is 2.43. The second kappa shape index (κ2) is 5.45. The molecule has 7 heteroatoms. The summed E-state index contributed by atoms with van der Waals surface area (Å²) in [6, 6.07) is 3.99. The summed E-state index contributed by atoms with van der Waals surface area (Å²) in [5.41, 5.74) is 4.98. The molecular weight excluding hydrogens is 268 g/mol. The highest BCUT2D eigenvalue weighted by Crippen LogP contribution is 2.19. The lowest BCUT2D eigenvalue weighted by Crippen LogP contribution is -2.07. The van der Waals surface area contributed by atoms with E-state index in [0.717, 1.165) is 16.7 Å². The number of fused-ring (bicyclic) bond motifs is 1. The van der Waals surface area contributed by atoms with Crippen LogP contribution in [0.25, 0.3) is 5.65 Å². The first-order valence-corrected chi connectivity index (χ1v) is 6.65. The van der Waals surface area contributed by atoms with Gasteiger partial charge in [0.1, 0.15) is 0 Å². The number of nitrogens with zero attached hydrogens (tertiary/aromatic N) is 5. The van der Waals surface area contributed by atoms with Crippen LogP contribution in [0.5, 0.6) is 0 Å². The van der Waals surface area contributed by atoms with Crippen LogP contribution in [0.3, 0.4) is 0 Å². The number of benzene rings is 1. The van der Waals surface area contributed by atoms with Gasteiger partial charge in [-0.1, -0.05) is 12.1 Å². The monoisotopic (exact) mass is 284 g/mol. The van der Waals surface area contributed by atoms with Crippen molar-refractivity contribution in [1.82, 2.24) is 25.0 Å². The van der Waals surface area contributed by atoms with Crippen LogP contribution in [-0.2, 0) is 13.2 Å². The maximum absolute atomic E-state index is 9.23. The van der Waals surface area contributed by atoms with Crippen molar-refractivity contribution >= 4 is 11.5 Å². The molecule has 0 aliphatic heterocycles. The summed E-state index contributed by atoms with van der Waals surface area (Å²) >= 11 is 0. The van der Waals surface area contributed by atoms with Crippen LogP contribution in [0.15, 0.2) is 24.5 Å². The van der Waals surface area contributed by atoms with Crippen LogP contribution in [0.1, 0.15) is 22.3 Å². The molecule has 0 radical (unpaired) electrons. The molecule has 0 spiro atoms. The van der Waals surface area contributed by atoms with Gasteiger partial charge in [-0.25, -0.2) is 4.98 Å². The standard InChI is InChI=1S/C14H16N6O/c1-9-5-11(8-21)6-10(2)12(9)7-16-13-14-17-18-19-20(14)4-3-15-13/h3-6,21H,7-8H2,1-2H3,(H,15,16). The number of aliphatic hydroxyl groups excluding tert-OH is 1. The normalized spacial score (nSPS) is 11.0. The summed E-state index contributed by atoms with van der Waals surface area (Å²) in [6.45, 7) is 4.76. The first kappa shape index (κ1) is 13.4. The summed E-state index contributed by atoms with van der Waals surface area (Å²) in [6.07, 6.45) is 3.35. The van der Waals surface area contributed by atoms with Crippen molar-refractivity contribution in [3.63, 3.8) is 0 Å². The third-order valence-corrected chi connectivity index (χ3v) is 3.49. The lowest BCUT2D eigenvalue weighted by atomic mass is 9.99. The number of tetrazole rings is 1. The molecule has 7 nitrogen and oxygen atoms in total. The Balaban J connectivity index is 1.87. The van der Waals surface area contributed by atoms with Gasteiger partial charge in [-0.3, -0.25) is 0 Å². The number of aromatic nitrogens is 5. The largest absolute Gasteiger partial charge is 0.392 e. The van der Waals surface area contributed by atoms with Gasteiger partial charge in [0.05, 0.1) is 12.8 Å². The van der Waals surface area contributed by atoms with E-state index >= 15 is 0 Å². The quantitative estimate of drug-likeness (QED) is 0.749. The molecule has 0 amide bonds. The first-order valence-electron chi connectivity index (χ1n) is 6.65. The zero-order valence-electron chi connectivity index (χ0n) is 11.9. The van der Waals surface area contributed by atoms with E-state index in [1.54, 1.807) is 16.9 Å². The van der Waals surface area contributed by atoms with Gasteiger partial charge in [0.25, 0.3) is 0 Å². The van der Waals surface area contributed by atoms with Crippen molar-refractivity contribution in [1.29, 1.82) is 0 Å². The highest BCUT2D eigenvalue weighted by atomic mass is 16.3. The molecule has 0 aliphatic rings. The summed E-state index contributed by atoms with van der Waals surface area (Å²) in [7, 11) is 0. The van der Waals surface area contributed by atoms with Crippen LogP contribution < -0.4 is 5.32 Å². The molecule has 0 atom stereocenters. The molecule has 0 bridgehead atoms. The average molecular weight is 284 g/mol. The molecule has 0 unspecified atom stereocenters. The minimum atomic E-state index is 0.0572. The predicted molar refractivity (Wildman–Crippen MR) is 77.7 cm³/mol. The van der Waals surface area contributed by atoms with Crippen molar-refractivity contribution in [2.45, 2.75) is 27.0 Å². The molecule has 0 saturated carbocycles. The zero-order chi connectivity index (χ0) is 14.8. The van der Waals surface area contributed by atoms with E-state index < -0.39 is 0 Å². The Morgan fingerprint density at radius 3 is 2.71 bits per heavy atom. The highest BCUT2D eigenvalue weighted by Gasteiger charge is 2.08. The molecule has 0 saturated heterocycles. The number of hydrogen-bond donors (Lipinski definition) is 2. The first-order chi connectivity index (χ1) is 10.2. The van der Waals surface area contributed by atoms with Crippen LogP contribution >= 0.6 is 0 Å². The van der Waals surface area contributed by atoms with Gasteiger partial charge in [0.15, 0.2) is 5.82 Å². The number of aliphatic hydroxyl groups is 1. The number of nitrogens with one attached hydrogen (secondary N) is 1. The Morgan fingerprint density at radius 2 is 2.00 bits per heavy atom. The summed E-state index contributed by atoms with van der Waals surface area (Å²) in [5, 5.41) is 23.9. The fraction of sp³-hybridized carbons (Fsp3) is 0.286. The van der Waals surface area contributed by atoms with E-state index in [9.17, 15) is 5.11 Å². The molecule has 108 valence electrons. The Kier molecular flexibility index (Phi) is 3.49. The molecule has 0 fully saturated rings. The van der Waals surface area contributed by atoms with E-state index in [1.807, 2.05) is 26.0 Å². The maximum Gasteiger partial charge on any atom is 0.221 e. The SMILES string of the molecule is Cc1cc(CO)cc(C)c1CNc1nccn2nnnc12. The molecule has 2 aromatic heterocycles. The van der Waals surface area contributed by atoms with Crippen LogP contribution in [0.4, 0.5) is 5.82 Å². The average Bonchev–Trinajstić information content (AvgIpc) is 2.95. The van der Waals surface area contributed by atoms with Gasteiger partial charge in [-0.05, 0) is 46.5 Å². The molecule has 21 heavy (non-hydrogen) atoms. The number of aryl methyl sites for hydroxylation is 2. The molecule has 2 heterocycles. The minimum absolute atomic E-state index is 0.0572. The van der Waals surface area contributed by atoms with Gasteiger partial charge in [-0.2, -0.15) is 4.52 Å². The molecule has 0 aliphatic carbocycles. The molecule has 2 N–H and O–H groups in total. The second-order valence-electron chi connectivity index (χ2n) is 4.94. The van der Waals surface area contributed by atoms with E-state index in [4.69, 9.17) is 0 Å². The predicted octanol–water partition coefficient (Wildman–Crippen LogP) is 1.24. The van der Waals surface area contributed by atoms with Gasteiger partial charge in [0, 0.05) is 12.7 Å². The summed E-state index contributed by atoms with van der Waals surface area (Å²) < 4.78 is 1.57. The van der Waals surface area contributed by atoms with Crippen molar-refractivity contribution < 1.29 is 5.11 Å². The summed E-state index contributed by atoms with van der Waals surface area (Å²) in [5.74, 6) is 0.646. The zero-order valence-corrected chi connectivity index (χ0v) is 11.9. The minimum Gasteiger partial charge on any atom is -0.392 e. The highest BCUT2D eigenvalue weighted by molar-refractivity contribution is 5.61. The number of hydrogen-bond acceptors (Lipinski definition) is 6. The van der Waals surface area contributed by atoms with Gasteiger partial charge in [-0.15, -0.1) is 5.10 Å². The maximum atomic E-state index is 9.23. The third kappa shape index (κ3) is 2.55. The van der Waals surface area contributed by atoms with E-state index in [0.29, 0.717) is 18.0 Å². The molecule has 3 rings (SSSR count). The van der Waals surface area contributed by atoms with E-state index in [-0.39, 0.29) is 6.61 Å². The van der Waals surface area contributed by atoms with E-state index in [1.165, 1.54) is 5.56 Å². The third-order valence-electron chi connectivity index (χ3n) is 3.49. The Hall–Kier alpha value is -2.54.